The first-order valence-electron chi connectivity index (χ1n) is 6.07. The van der Waals surface area contributed by atoms with Gasteiger partial charge < -0.3 is 14.2 Å². The van der Waals surface area contributed by atoms with E-state index in [1.807, 2.05) is 0 Å². The van der Waals surface area contributed by atoms with Crippen molar-refractivity contribution in [3.8, 4) is 0 Å². The van der Waals surface area contributed by atoms with Crippen LogP contribution in [0.5, 0.6) is 0 Å². The van der Waals surface area contributed by atoms with Crippen LogP contribution >= 0.6 is 0 Å². The number of hydrogen-bond donors (Lipinski definition) is 0. The Hall–Kier alpha value is -1.21. The van der Waals surface area contributed by atoms with Gasteiger partial charge >= 0.3 is 5.97 Å². The molecular weight excluding hydrogens is 242 g/mol. The van der Waals surface area contributed by atoms with Crippen LogP contribution in [-0.2, 0) is 19.0 Å². The van der Waals surface area contributed by atoms with Crippen LogP contribution in [0, 0.1) is 10.1 Å². The van der Waals surface area contributed by atoms with Gasteiger partial charge in [0, 0.05) is 18.0 Å². The van der Waals surface area contributed by atoms with Gasteiger partial charge in [0.05, 0.1) is 13.5 Å². The Labute approximate surface area is 106 Å². The number of methoxy groups -OCH3 is 1. The molecule has 2 atom stereocenters. The highest BCUT2D eigenvalue weighted by molar-refractivity contribution is 5.69. The van der Waals surface area contributed by atoms with E-state index in [0.29, 0.717) is 6.61 Å². The molecule has 0 spiro atoms. The number of nitrogens with zero attached hydrogens (tertiary/aromatic N) is 1. The van der Waals surface area contributed by atoms with Gasteiger partial charge in [-0.3, -0.25) is 14.9 Å². The molecule has 0 aromatic heterocycles. The van der Waals surface area contributed by atoms with Crippen LogP contribution in [0.2, 0.25) is 0 Å². The van der Waals surface area contributed by atoms with Gasteiger partial charge in [0.25, 0.3) is 0 Å². The van der Waals surface area contributed by atoms with E-state index >= 15 is 0 Å². The molecule has 0 radical (unpaired) electrons. The minimum atomic E-state index is -0.894. The van der Waals surface area contributed by atoms with E-state index in [9.17, 15) is 14.9 Å². The minimum Gasteiger partial charge on any atom is -0.469 e. The fourth-order valence-electron chi connectivity index (χ4n) is 1.70. The predicted octanol–water partition coefficient (Wildman–Crippen LogP) is 1.13. The summed E-state index contributed by atoms with van der Waals surface area (Å²) in [7, 11) is 1.26. The van der Waals surface area contributed by atoms with E-state index in [1.54, 1.807) is 0 Å². The second-order valence-corrected chi connectivity index (χ2v) is 4.18. The second-order valence-electron chi connectivity index (χ2n) is 4.18. The molecule has 0 aromatic carbocycles. The van der Waals surface area contributed by atoms with E-state index < -0.39 is 16.9 Å². The fraction of sp³-hybridized carbons (Fsp3) is 0.909. The highest BCUT2D eigenvalue weighted by atomic mass is 16.7. The topological polar surface area (TPSA) is 87.9 Å². The van der Waals surface area contributed by atoms with Gasteiger partial charge in [0.2, 0.25) is 6.04 Å². The molecule has 1 saturated heterocycles. The Morgan fingerprint density at radius 1 is 1.56 bits per heavy atom. The Morgan fingerprint density at radius 3 is 2.89 bits per heavy atom. The molecule has 0 aromatic rings. The van der Waals surface area contributed by atoms with Gasteiger partial charge in [0.1, 0.15) is 6.61 Å². The first-order chi connectivity index (χ1) is 8.63. The largest absolute Gasteiger partial charge is 0.469 e. The van der Waals surface area contributed by atoms with Crippen LogP contribution in [0.3, 0.4) is 0 Å². The summed E-state index contributed by atoms with van der Waals surface area (Å²) in [6, 6.07) is -0.894. The lowest BCUT2D eigenvalue weighted by Crippen LogP contribution is -2.31. The Kier molecular flexibility index (Phi) is 6.59. The van der Waals surface area contributed by atoms with E-state index in [4.69, 9.17) is 9.47 Å². The number of rotatable bonds is 7. The summed E-state index contributed by atoms with van der Waals surface area (Å²) in [5.41, 5.74) is 0. The third-order valence-corrected chi connectivity index (χ3v) is 2.82. The van der Waals surface area contributed by atoms with E-state index in [-0.39, 0.29) is 25.7 Å². The molecule has 1 heterocycles. The smallest absolute Gasteiger partial charge is 0.305 e. The van der Waals surface area contributed by atoms with Crippen LogP contribution in [0.25, 0.3) is 0 Å². The summed E-state index contributed by atoms with van der Waals surface area (Å²) in [6.07, 6.45) is 2.57. The molecule has 18 heavy (non-hydrogen) atoms. The molecule has 0 saturated carbocycles. The fourth-order valence-corrected chi connectivity index (χ4v) is 1.70. The van der Waals surface area contributed by atoms with Gasteiger partial charge in [-0.2, -0.15) is 0 Å². The molecule has 7 nitrogen and oxygen atoms in total. The summed E-state index contributed by atoms with van der Waals surface area (Å²) in [5.74, 6) is -0.448. The average molecular weight is 261 g/mol. The molecule has 7 heteroatoms. The maximum atomic E-state index is 10.9. The molecule has 0 amide bonds. The Bertz CT molecular complexity index is 277. The van der Waals surface area contributed by atoms with E-state index in [1.165, 1.54) is 7.11 Å². The molecule has 1 aliphatic heterocycles. The van der Waals surface area contributed by atoms with Gasteiger partial charge in [0.15, 0.2) is 6.29 Å². The Balaban J connectivity index is 2.28. The van der Waals surface area contributed by atoms with Gasteiger partial charge in [-0.15, -0.1) is 0 Å². The second kappa shape index (κ2) is 7.99. The SMILES string of the molecule is COC(=O)CCC(COC1CCCCO1)[N+](=O)[O-]. The minimum absolute atomic E-state index is 0.0248. The third kappa shape index (κ3) is 5.42. The maximum absolute atomic E-state index is 10.9. The normalized spacial score (nSPS) is 21.3. The van der Waals surface area contributed by atoms with Crippen molar-refractivity contribution in [2.24, 2.45) is 0 Å². The van der Waals surface area contributed by atoms with Crippen molar-refractivity contribution in [3.05, 3.63) is 10.1 Å². The number of esters is 1. The molecule has 0 N–H and O–H groups in total. The van der Waals surface area contributed by atoms with Crippen molar-refractivity contribution < 1.29 is 23.9 Å². The first kappa shape index (κ1) is 14.8. The third-order valence-electron chi connectivity index (χ3n) is 2.82. The summed E-state index contributed by atoms with van der Waals surface area (Å²) >= 11 is 0. The van der Waals surface area contributed by atoms with Crippen LogP contribution in [0.4, 0.5) is 0 Å². The van der Waals surface area contributed by atoms with Gasteiger partial charge in [-0.1, -0.05) is 0 Å². The Morgan fingerprint density at radius 2 is 2.33 bits per heavy atom. The van der Waals surface area contributed by atoms with Crippen LogP contribution < -0.4 is 0 Å². The average Bonchev–Trinajstić information content (AvgIpc) is 2.39. The molecule has 2 unspecified atom stereocenters. The standard InChI is InChI=1S/C11H19NO6/c1-16-10(13)6-5-9(12(14)15)8-18-11-4-2-3-7-17-11/h9,11H,2-8H2,1H3. The van der Waals surface area contributed by atoms with E-state index in [2.05, 4.69) is 4.74 Å². The summed E-state index contributed by atoms with van der Waals surface area (Å²) < 4.78 is 15.1. The highest BCUT2D eigenvalue weighted by Gasteiger charge is 2.24. The number of hydrogen-bond acceptors (Lipinski definition) is 6. The zero-order valence-electron chi connectivity index (χ0n) is 10.5. The lowest BCUT2D eigenvalue weighted by molar-refractivity contribution is -0.529. The van der Waals surface area contributed by atoms with Crippen LogP contribution in [-0.4, -0.2) is 43.5 Å². The van der Waals surface area contributed by atoms with Gasteiger partial charge in [-0.05, 0) is 19.3 Å². The summed E-state index contributed by atoms with van der Waals surface area (Å²) in [5, 5.41) is 10.8. The van der Waals surface area contributed by atoms with Crippen molar-refractivity contribution in [2.45, 2.75) is 44.4 Å². The van der Waals surface area contributed by atoms with Crippen molar-refractivity contribution in [2.75, 3.05) is 20.3 Å². The zero-order chi connectivity index (χ0) is 13.4. The molecular formula is C11H19NO6. The van der Waals surface area contributed by atoms with Crippen LogP contribution in [0.1, 0.15) is 32.1 Å². The maximum Gasteiger partial charge on any atom is 0.305 e. The summed E-state index contributed by atoms with van der Waals surface area (Å²) in [4.78, 5) is 21.3. The molecule has 0 aliphatic carbocycles. The number of carbonyl (C=O) groups excluding carboxylic acids is 1. The van der Waals surface area contributed by atoms with Crippen molar-refractivity contribution >= 4 is 5.97 Å². The quantitative estimate of drug-likeness (QED) is 0.388. The first-order valence-corrected chi connectivity index (χ1v) is 6.07. The van der Waals surface area contributed by atoms with Crippen LogP contribution in [0.15, 0.2) is 0 Å². The molecule has 0 bridgehead atoms. The summed E-state index contributed by atoms with van der Waals surface area (Å²) in [6.45, 7) is 0.602. The molecule has 1 aliphatic rings. The highest BCUT2D eigenvalue weighted by Crippen LogP contribution is 2.15. The number of nitro groups is 1. The number of carbonyl (C=O) groups is 1. The van der Waals surface area contributed by atoms with Crippen molar-refractivity contribution in [1.82, 2.24) is 0 Å². The predicted molar refractivity (Wildman–Crippen MR) is 61.6 cm³/mol. The monoisotopic (exact) mass is 261 g/mol. The van der Waals surface area contributed by atoms with Gasteiger partial charge in [-0.25, -0.2) is 0 Å². The lowest BCUT2D eigenvalue weighted by atomic mass is 10.1. The van der Waals surface area contributed by atoms with Crippen molar-refractivity contribution in [3.63, 3.8) is 0 Å². The number of ether oxygens (including phenoxy) is 3. The van der Waals surface area contributed by atoms with Crippen molar-refractivity contribution in [1.29, 1.82) is 0 Å². The molecule has 104 valence electrons. The zero-order valence-corrected chi connectivity index (χ0v) is 10.5. The molecule has 1 fully saturated rings. The van der Waals surface area contributed by atoms with E-state index in [0.717, 1.165) is 19.3 Å². The lowest BCUT2D eigenvalue weighted by Gasteiger charge is -2.23. The molecule has 1 rings (SSSR count).